The van der Waals surface area contributed by atoms with Crippen LogP contribution >= 0.6 is 0 Å². The second kappa shape index (κ2) is 4.77. The van der Waals surface area contributed by atoms with Gasteiger partial charge in [0.1, 0.15) is 5.82 Å². The lowest BCUT2D eigenvalue weighted by atomic mass is 10.1. The van der Waals surface area contributed by atoms with Gasteiger partial charge in [-0.1, -0.05) is 6.07 Å². The maximum Gasteiger partial charge on any atom is 0.126 e. The molecule has 1 aliphatic carbocycles. The van der Waals surface area contributed by atoms with Crippen molar-refractivity contribution in [3.8, 4) is 0 Å². The second-order valence-corrected chi connectivity index (χ2v) is 4.81. The average molecular weight is 239 g/mol. The maximum atomic E-state index is 4.67. The first-order chi connectivity index (χ1) is 8.83. The molecule has 0 amide bonds. The monoisotopic (exact) mass is 239 g/mol. The van der Waals surface area contributed by atoms with Gasteiger partial charge in [-0.2, -0.15) is 0 Å². The molecule has 18 heavy (non-hydrogen) atoms. The third-order valence-corrected chi connectivity index (χ3v) is 3.52. The van der Waals surface area contributed by atoms with E-state index in [9.17, 15) is 0 Å². The Morgan fingerprint density at radius 1 is 1.22 bits per heavy atom. The molecule has 0 fully saturated rings. The molecular weight excluding hydrogens is 222 g/mol. The Morgan fingerprint density at radius 2 is 2.17 bits per heavy atom. The van der Waals surface area contributed by atoms with Crippen LogP contribution in [-0.4, -0.2) is 9.97 Å². The van der Waals surface area contributed by atoms with E-state index >= 15 is 0 Å². The summed E-state index contributed by atoms with van der Waals surface area (Å²) in [7, 11) is 0. The van der Waals surface area contributed by atoms with Crippen molar-refractivity contribution >= 4 is 5.82 Å². The van der Waals surface area contributed by atoms with Crippen LogP contribution in [0, 0.1) is 6.92 Å². The SMILES string of the molecule is Cc1cnccc1CNc1ccc2c(n1)CCC2. The van der Waals surface area contributed by atoms with E-state index in [1.165, 1.54) is 35.2 Å². The summed E-state index contributed by atoms with van der Waals surface area (Å²) in [6.45, 7) is 2.89. The van der Waals surface area contributed by atoms with E-state index in [1.807, 2.05) is 12.4 Å². The molecule has 0 saturated carbocycles. The number of rotatable bonds is 3. The molecule has 0 unspecified atom stereocenters. The normalized spacial score (nSPS) is 13.4. The van der Waals surface area contributed by atoms with Gasteiger partial charge in [0.05, 0.1) is 0 Å². The van der Waals surface area contributed by atoms with Crippen molar-refractivity contribution in [1.82, 2.24) is 9.97 Å². The van der Waals surface area contributed by atoms with Crippen molar-refractivity contribution in [3.63, 3.8) is 0 Å². The molecule has 2 heterocycles. The zero-order chi connectivity index (χ0) is 12.4. The highest BCUT2D eigenvalue weighted by Crippen LogP contribution is 2.21. The van der Waals surface area contributed by atoms with Gasteiger partial charge in [0.15, 0.2) is 0 Å². The molecule has 0 radical (unpaired) electrons. The minimum Gasteiger partial charge on any atom is -0.366 e. The van der Waals surface area contributed by atoms with Crippen molar-refractivity contribution in [2.75, 3.05) is 5.32 Å². The number of pyridine rings is 2. The molecule has 2 aromatic rings. The maximum absolute atomic E-state index is 4.67. The van der Waals surface area contributed by atoms with Gasteiger partial charge >= 0.3 is 0 Å². The summed E-state index contributed by atoms with van der Waals surface area (Å²) in [6, 6.07) is 6.34. The number of fused-ring (bicyclic) bond motifs is 1. The fourth-order valence-corrected chi connectivity index (χ4v) is 2.41. The molecule has 3 rings (SSSR count). The molecule has 2 aromatic heterocycles. The fraction of sp³-hybridized carbons (Fsp3) is 0.333. The lowest BCUT2D eigenvalue weighted by molar-refractivity contribution is 0.899. The van der Waals surface area contributed by atoms with E-state index in [0.717, 1.165) is 18.8 Å². The third-order valence-electron chi connectivity index (χ3n) is 3.52. The van der Waals surface area contributed by atoms with Crippen molar-refractivity contribution in [2.24, 2.45) is 0 Å². The van der Waals surface area contributed by atoms with Crippen LogP contribution < -0.4 is 5.32 Å². The summed E-state index contributed by atoms with van der Waals surface area (Å²) < 4.78 is 0. The van der Waals surface area contributed by atoms with Crippen molar-refractivity contribution < 1.29 is 0 Å². The highest BCUT2D eigenvalue weighted by molar-refractivity contribution is 5.41. The van der Waals surface area contributed by atoms with Crippen LogP contribution in [-0.2, 0) is 19.4 Å². The van der Waals surface area contributed by atoms with E-state index in [2.05, 4.69) is 40.4 Å². The Morgan fingerprint density at radius 3 is 3.06 bits per heavy atom. The topological polar surface area (TPSA) is 37.8 Å². The molecule has 0 atom stereocenters. The molecule has 0 saturated heterocycles. The van der Waals surface area contributed by atoms with E-state index in [1.54, 1.807) is 0 Å². The number of aryl methyl sites for hydroxylation is 3. The molecule has 0 bridgehead atoms. The number of nitrogens with one attached hydrogen (secondary N) is 1. The van der Waals surface area contributed by atoms with Crippen LogP contribution in [0.4, 0.5) is 5.82 Å². The van der Waals surface area contributed by atoms with E-state index in [0.29, 0.717) is 0 Å². The Labute approximate surface area is 107 Å². The average Bonchev–Trinajstić information content (AvgIpc) is 2.85. The van der Waals surface area contributed by atoms with Gasteiger partial charge in [0.25, 0.3) is 0 Å². The van der Waals surface area contributed by atoms with Crippen molar-refractivity contribution in [1.29, 1.82) is 0 Å². The Hall–Kier alpha value is -1.90. The predicted octanol–water partition coefficient (Wildman–Crippen LogP) is 2.89. The van der Waals surface area contributed by atoms with Crippen molar-refractivity contribution in [2.45, 2.75) is 32.7 Å². The number of hydrogen-bond acceptors (Lipinski definition) is 3. The van der Waals surface area contributed by atoms with Crippen LogP contribution in [0.3, 0.4) is 0 Å². The summed E-state index contributed by atoms with van der Waals surface area (Å²) in [5, 5.41) is 3.39. The van der Waals surface area contributed by atoms with Gasteiger partial charge in [-0.3, -0.25) is 4.98 Å². The molecule has 3 heteroatoms. The first-order valence-electron chi connectivity index (χ1n) is 6.45. The molecule has 1 N–H and O–H groups in total. The number of hydrogen-bond donors (Lipinski definition) is 1. The van der Waals surface area contributed by atoms with Crippen LogP contribution in [0.2, 0.25) is 0 Å². The molecule has 0 aliphatic heterocycles. The highest BCUT2D eigenvalue weighted by Gasteiger charge is 2.12. The first kappa shape index (κ1) is 11.2. The van der Waals surface area contributed by atoms with Gasteiger partial charge in [-0.15, -0.1) is 0 Å². The number of nitrogens with zero attached hydrogens (tertiary/aromatic N) is 2. The zero-order valence-electron chi connectivity index (χ0n) is 10.6. The van der Waals surface area contributed by atoms with Gasteiger partial charge in [-0.05, 0) is 55.0 Å². The Balaban J connectivity index is 1.72. The molecule has 92 valence electrons. The van der Waals surface area contributed by atoms with Crippen LogP contribution in [0.5, 0.6) is 0 Å². The molecule has 0 aromatic carbocycles. The van der Waals surface area contributed by atoms with E-state index in [-0.39, 0.29) is 0 Å². The quantitative estimate of drug-likeness (QED) is 0.895. The lowest BCUT2D eigenvalue weighted by Crippen LogP contribution is -2.04. The summed E-state index contributed by atoms with van der Waals surface area (Å²) in [5.74, 6) is 0.979. The van der Waals surface area contributed by atoms with E-state index in [4.69, 9.17) is 0 Å². The minimum absolute atomic E-state index is 0.806. The fourth-order valence-electron chi connectivity index (χ4n) is 2.41. The smallest absolute Gasteiger partial charge is 0.126 e. The van der Waals surface area contributed by atoms with Crippen LogP contribution in [0.1, 0.15) is 28.8 Å². The molecule has 0 spiro atoms. The predicted molar refractivity (Wildman–Crippen MR) is 72.6 cm³/mol. The second-order valence-electron chi connectivity index (χ2n) is 4.81. The molecular formula is C15H17N3. The highest BCUT2D eigenvalue weighted by atomic mass is 15.0. The standard InChI is InChI=1S/C15H17N3/c1-11-9-16-8-7-13(11)10-17-15-6-5-12-3-2-4-14(12)18-15/h5-9H,2-4,10H2,1H3,(H,17,18). The van der Waals surface area contributed by atoms with E-state index < -0.39 is 0 Å². The first-order valence-corrected chi connectivity index (χ1v) is 6.45. The number of aromatic nitrogens is 2. The Kier molecular flexibility index (Phi) is 2.97. The van der Waals surface area contributed by atoms with Gasteiger partial charge in [0, 0.05) is 24.6 Å². The lowest BCUT2D eigenvalue weighted by Gasteiger charge is -2.09. The van der Waals surface area contributed by atoms with Gasteiger partial charge < -0.3 is 5.32 Å². The summed E-state index contributed by atoms with van der Waals surface area (Å²) in [5.41, 5.74) is 5.17. The van der Waals surface area contributed by atoms with Crippen LogP contribution in [0.15, 0.2) is 30.6 Å². The summed E-state index contributed by atoms with van der Waals surface area (Å²) >= 11 is 0. The van der Waals surface area contributed by atoms with Gasteiger partial charge in [-0.25, -0.2) is 4.98 Å². The largest absolute Gasteiger partial charge is 0.366 e. The molecule has 1 aliphatic rings. The third kappa shape index (κ3) is 2.21. The van der Waals surface area contributed by atoms with Crippen molar-refractivity contribution in [3.05, 3.63) is 53.0 Å². The number of anilines is 1. The summed E-state index contributed by atoms with van der Waals surface area (Å²) in [6.07, 6.45) is 7.29. The zero-order valence-corrected chi connectivity index (χ0v) is 10.6. The Bertz CT molecular complexity index is 563. The summed E-state index contributed by atoms with van der Waals surface area (Å²) in [4.78, 5) is 8.78. The van der Waals surface area contributed by atoms with Gasteiger partial charge in [0.2, 0.25) is 0 Å². The minimum atomic E-state index is 0.806. The van der Waals surface area contributed by atoms with Crippen LogP contribution in [0.25, 0.3) is 0 Å². The molecule has 3 nitrogen and oxygen atoms in total.